The predicted molar refractivity (Wildman–Crippen MR) is 76.5 cm³/mol. The summed E-state index contributed by atoms with van der Waals surface area (Å²) in [4.78, 5) is 6.95. The SMILES string of the molecule is Cc1nc2csc(-c3scc4c3OCCO4)c2s1. The average Bonchev–Trinajstić information content (AvgIpc) is 3.02. The molecule has 0 radical (unpaired) electrons. The summed E-state index contributed by atoms with van der Waals surface area (Å²) < 4.78 is 12.6. The molecule has 0 bridgehead atoms. The molecule has 4 heterocycles. The molecular formula is C12H9NO2S3. The molecule has 1 aliphatic heterocycles. The van der Waals surface area contributed by atoms with Gasteiger partial charge in [-0.1, -0.05) is 0 Å². The molecule has 92 valence electrons. The highest BCUT2D eigenvalue weighted by atomic mass is 32.1. The largest absolute Gasteiger partial charge is 0.485 e. The average molecular weight is 295 g/mol. The predicted octanol–water partition coefficient (Wildman–Crippen LogP) is 4.17. The van der Waals surface area contributed by atoms with Gasteiger partial charge in [0.05, 0.1) is 25.0 Å². The topological polar surface area (TPSA) is 31.4 Å². The third kappa shape index (κ3) is 1.49. The smallest absolute Gasteiger partial charge is 0.180 e. The van der Waals surface area contributed by atoms with Crippen LogP contribution in [0.1, 0.15) is 5.01 Å². The molecule has 1 aliphatic rings. The van der Waals surface area contributed by atoms with E-state index in [1.165, 1.54) is 14.5 Å². The van der Waals surface area contributed by atoms with Gasteiger partial charge >= 0.3 is 0 Å². The van der Waals surface area contributed by atoms with Crippen molar-refractivity contribution in [3.05, 3.63) is 15.8 Å². The highest BCUT2D eigenvalue weighted by Gasteiger charge is 2.23. The van der Waals surface area contributed by atoms with Gasteiger partial charge in [-0.05, 0) is 6.92 Å². The molecule has 3 aromatic heterocycles. The summed E-state index contributed by atoms with van der Waals surface area (Å²) in [6.07, 6.45) is 0. The number of rotatable bonds is 1. The first-order chi connectivity index (χ1) is 8.83. The molecule has 6 heteroatoms. The summed E-state index contributed by atoms with van der Waals surface area (Å²) in [5.41, 5.74) is 1.09. The van der Waals surface area contributed by atoms with Gasteiger partial charge in [-0.25, -0.2) is 4.98 Å². The molecule has 0 unspecified atom stereocenters. The molecule has 0 amide bonds. The Balaban J connectivity index is 1.94. The highest BCUT2D eigenvalue weighted by Crippen LogP contribution is 2.50. The minimum Gasteiger partial charge on any atom is -0.485 e. The Hall–Kier alpha value is -1.11. The van der Waals surface area contributed by atoms with Crippen molar-refractivity contribution in [2.75, 3.05) is 13.2 Å². The molecule has 0 aliphatic carbocycles. The quantitative estimate of drug-likeness (QED) is 0.675. The Kier molecular flexibility index (Phi) is 2.36. The minimum absolute atomic E-state index is 0.632. The van der Waals surface area contributed by atoms with Crippen molar-refractivity contribution in [2.24, 2.45) is 0 Å². The van der Waals surface area contributed by atoms with Gasteiger partial charge in [-0.2, -0.15) is 0 Å². The Morgan fingerprint density at radius 1 is 1.11 bits per heavy atom. The first kappa shape index (κ1) is 10.8. The maximum Gasteiger partial charge on any atom is 0.180 e. The standard InChI is InChI=1S/C12H9NO2S3/c1-6-13-7-4-16-12(10(7)18-6)11-9-8(5-17-11)14-2-3-15-9/h4-5H,2-3H2,1H3. The number of nitrogens with zero attached hydrogens (tertiary/aromatic N) is 1. The summed E-state index contributed by atoms with van der Waals surface area (Å²) in [6, 6.07) is 0. The van der Waals surface area contributed by atoms with E-state index in [0.717, 1.165) is 22.0 Å². The van der Waals surface area contributed by atoms with Gasteiger partial charge < -0.3 is 9.47 Å². The molecule has 0 saturated heterocycles. The molecule has 18 heavy (non-hydrogen) atoms. The molecule has 0 N–H and O–H groups in total. The number of aryl methyl sites for hydroxylation is 1. The van der Waals surface area contributed by atoms with Crippen molar-refractivity contribution < 1.29 is 9.47 Å². The van der Waals surface area contributed by atoms with Crippen molar-refractivity contribution >= 4 is 44.2 Å². The van der Waals surface area contributed by atoms with E-state index in [1.54, 1.807) is 34.0 Å². The Bertz CT molecular complexity index is 725. The van der Waals surface area contributed by atoms with E-state index in [1.807, 2.05) is 12.3 Å². The molecular weight excluding hydrogens is 286 g/mol. The van der Waals surface area contributed by atoms with Crippen molar-refractivity contribution in [2.45, 2.75) is 6.92 Å². The first-order valence-corrected chi connectivity index (χ1v) is 8.12. The second kappa shape index (κ2) is 3.94. The lowest BCUT2D eigenvalue weighted by Crippen LogP contribution is -2.14. The maximum absolute atomic E-state index is 5.75. The number of fused-ring (bicyclic) bond motifs is 2. The van der Waals surface area contributed by atoms with Crippen LogP contribution >= 0.6 is 34.0 Å². The fraction of sp³-hybridized carbons (Fsp3) is 0.250. The van der Waals surface area contributed by atoms with Crippen molar-refractivity contribution in [3.63, 3.8) is 0 Å². The number of ether oxygens (including phenoxy) is 2. The molecule has 4 rings (SSSR count). The van der Waals surface area contributed by atoms with E-state index < -0.39 is 0 Å². The van der Waals surface area contributed by atoms with E-state index >= 15 is 0 Å². The number of hydrogen-bond acceptors (Lipinski definition) is 6. The number of thiazole rings is 1. The van der Waals surface area contributed by atoms with E-state index in [2.05, 4.69) is 10.4 Å². The third-order valence-electron chi connectivity index (χ3n) is 2.76. The van der Waals surface area contributed by atoms with Crippen LogP contribution in [-0.2, 0) is 0 Å². The normalized spacial score (nSPS) is 14.3. The maximum atomic E-state index is 5.75. The summed E-state index contributed by atoms with van der Waals surface area (Å²) in [6.45, 7) is 3.32. The summed E-state index contributed by atoms with van der Waals surface area (Å²) in [5.74, 6) is 1.78. The third-order valence-corrected chi connectivity index (χ3v) is 5.97. The zero-order valence-electron chi connectivity index (χ0n) is 9.56. The highest BCUT2D eigenvalue weighted by molar-refractivity contribution is 7.28. The van der Waals surface area contributed by atoms with Gasteiger partial charge in [-0.15, -0.1) is 34.0 Å². The summed E-state index contributed by atoms with van der Waals surface area (Å²) in [5, 5.41) is 5.25. The molecule has 0 spiro atoms. The van der Waals surface area contributed by atoms with Gasteiger partial charge in [0, 0.05) is 10.8 Å². The summed E-state index contributed by atoms with van der Waals surface area (Å²) >= 11 is 5.16. The number of hydrogen-bond donors (Lipinski definition) is 0. The number of thiophene rings is 2. The van der Waals surface area contributed by atoms with Gasteiger partial charge in [0.15, 0.2) is 11.5 Å². The zero-order chi connectivity index (χ0) is 12.1. The van der Waals surface area contributed by atoms with E-state index in [-0.39, 0.29) is 0 Å². The van der Waals surface area contributed by atoms with E-state index in [0.29, 0.717) is 13.2 Å². The fourth-order valence-corrected chi connectivity index (χ4v) is 5.26. The molecule has 3 aromatic rings. The van der Waals surface area contributed by atoms with Gasteiger partial charge in [0.1, 0.15) is 13.2 Å². The van der Waals surface area contributed by atoms with Crippen molar-refractivity contribution in [1.29, 1.82) is 0 Å². The number of aromatic nitrogens is 1. The van der Waals surface area contributed by atoms with Crippen LogP contribution in [0.2, 0.25) is 0 Å². The Labute approximate surface area is 116 Å². The fourth-order valence-electron chi connectivity index (χ4n) is 2.03. The van der Waals surface area contributed by atoms with Crippen LogP contribution in [0, 0.1) is 6.92 Å². The minimum atomic E-state index is 0.632. The van der Waals surface area contributed by atoms with E-state index in [9.17, 15) is 0 Å². The lowest BCUT2D eigenvalue weighted by atomic mass is 10.3. The van der Waals surface area contributed by atoms with Crippen LogP contribution in [0.5, 0.6) is 11.5 Å². The second-order valence-electron chi connectivity index (χ2n) is 3.97. The van der Waals surface area contributed by atoms with Gasteiger partial charge in [0.25, 0.3) is 0 Å². The lowest BCUT2D eigenvalue weighted by Gasteiger charge is -2.15. The van der Waals surface area contributed by atoms with Crippen LogP contribution in [0.3, 0.4) is 0 Å². The first-order valence-electron chi connectivity index (χ1n) is 5.55. The van der Waals surface area contributed by atoms with Gasteiger partial charge in [0.2, 0.25) is 0 Å². The van der Waals surface area contributed by atoms with Crippen LogP contribution in [0.25, 0.3) is 20.0 Å². The molecule has 0 saturated carbocycles. The van der Waals surface area contributed by atoms with Gasteiger partial charge in [-0.3, -0.25) is 0 Å². The zero-order valence-corrected chi connectivity index (χ0v) is 12.0. The van der Waals surface area contributed by atoms with Crippen molar-refractivity contribution in [1.82, 2.24) is 4.98 Å². The van der Waals surface area contributed by atoms with Crippen LogP contribution in [0.15, 0.2) is 10.8 Å². The van der Waals surface area contributed by atoms with Crippen LogP contribution < -0.4 is 9.47 Å². The lowest BCUT2D eigenvalue weighted by molar-refractivity contribution is 0.174. The molecule has 0 atom stereocenters. The van der Waals surface area contributed by atoms with Crippen LogP contribution in [-0.4, -0.2) is 18.2 Å². The molecule has 0 fully saturated rings. The van der Waals surface area contributed by atoms with E-state index in [4.69, 9.17) is 9.47 Å². The molecule has 0 aromatic carbocycles. The monoisotopic (exact) mass is 295 g/mol. The Morgan fingerprint density at radius 2 is 1.94 bits per heavy atom. The van der Waals surface area contributed by atoms with Crippen LogP contribution in [0.4, 0.5) is 0 Å². The summed E-state index contributed by atoms with van der Waals surface area (Å²) in [7, 11) is 0. The molecule has 3 nitrogen and oxygen atoms in total. The second-order valence-corrected chi connectivity index (χ2v) is 6.93. The Morgan fingerprint density at radius 3 is 2.89 bits per heavy atom. The van der Waals surface area contributed by atoms with Crippen molar-refractivity contribution in [3.8, 4) is 21.3 Å².